The van der Waals surface area contributed by atoms with Crippen LogP contribution in [0.3, 0.4) is 0 Å². The molecule has 66 valence electrons. The van der Waals surface area contributed by atoms with Crippen LogP contribution in [0.2, 0.25) is 0 Å². The molecule has 1 heterocycles. The maximum absolute atomic E-state index is 8.93. The highest BCUT2D eigenvalue weighted by Crippen LogP contribution is 2.15. The molecule has 0 radical (unpaired) electrons. The second-order valence-electron chi connectivity index (χ2n) is 2.80. The van der Waals surface area contributed by atoms with E-state index in [4.69, 9.17) is 5.11 Å². The average Bonchev–Trinajstić information content (AvgIpc) is 2.71. The monoisotopic (exact) mass is 174 g/mol. The van der Waals surface area contributed by atoms with E-state index in [0.29, 0.717) is 0 Å². The number of rotatable bonds is 2. The second kappa shape index (κ2) is 3.41. The molecular formula is C10H10N2O. The summed E-state index contributed by atoms with van der Waals surface area (Å²) in [5, 5.41) is 8.93. The van der Waals surface area contributed by atoms with E-state index in [-0.39, 0.29) is 6.61 Å². The summed E-state index contributed by atoms with van der Waals surface area (Å²) in [6, 6.07) is 7.66. The molecule has 3 heteroatoms. The van der Waals surface area contributed by atoms with Crippen LogP contribution in [0.4, 0.5) is 0 Å². The molecule has 2 aromatic rings. The van der Waals surface area contributed by atoms with E-state index in [2.05, 4.69) is 9.97 Å². The van der Waals surface area contributed by atoms with Gasteiger partial charge in [-0.05, 0) is 11.6 Å². The van der Waals surface area contributed by atoms with Crippen LogP contribution in [0.25, 0.3) is 11.4 Å². The standard InChI is InChI=1S/C10H10N2O/c13-7-8-2-1-3-9(6-8)10-11-4-5-12-10/h1-6,13H,7H2,(H,11,12). The zero-order valence-electron chi connectivity index (χ0n) is 7.07. The van der Waals surface area contributed by atoms with E-state index < -0.39 is 0 Å². The van der Waals surface area contributed by atoms with E-state index >= 15 is 0 Å². The number of hydrogen-bond acceptors (Lipinski definition) is 2. The van der Waals surface area contributed by atoms with Gasteiger partial charge in [-0.1, -0.05) is 18.2 Å². The van der Waals surface area contributed by atoms with Crippen molar-refractivity contribution in [3.63, 3.8) is 0 Å². The van der Waals surface area contributed by atoms with Crippen LogP contribution in [0.1, 0.15) is 5.56 Å². The molecule has 0 aliphatic rings. The van der Waals surface area contributed by atoms with Crippen molar-refractivity contribution in [1.82, 2.24) is 9.97 Å². The first-order chi connectivity index (χ1) is 6.40. The Morgan fingerprint density at radius 2 is 2.31 bits per heavy atom. The Bertz CT molecular complexity index is 382. The third kappa shape index (κ3) is 1.60. The van der Waals surface area contributed by atoms with Gasteiger partial charge in [0.25, 0.3) is 0 Å². The van der Waals surface area contributed by atoms with Gasteiger partial charge in [0.15, 0.2) is 0 Å². The zero-order valence-corrected chi connectivity index (χ0v) is 7.07. The second-order valence-corrected chi connectivity index (χ2v) is 2.80. The largest absolute Gasteiger partial charge is 0.392 e. The predicted octanol–water partition coefficient (Wildman–Crippen LogP) is 1.57. The van der Waals surface area contributed by atoms with Gasteiger partial charge >= 0.3 is 0 Å². The first-order valence-corrected chi connectivity index (χ1v) is 4.09. The molecule has 0 atom stereocenters. The molecule has 2 N–H and O–H groups in total. The Balaban J connectivity index is 2.41. The van der Waals surface area contributed by atoms with E-state index in [1.54, 1.807) is 12.4 Å². The number of imidazole rings is 1. The fraction of sp³-hybridized carbons (Fsp3) is 0.100. The molecule has 2 rings (SSSR count). The molecule has 0 saturated carbocycles. The number of aliphatic hydroxyl groups excluding tert-OH is 1. The number of aliphatic hydroxyl groups is 1. The van der Waals surface area contributed by atoms with Crippen molar-refractivity contribution in [2.45, 2.75) is 6.61 Å². The summed E-state index contributed by atoms with van der Waals surface area (Å²) in [4.78, 5) is 7.14. The molecule has 0 amide bonds. The van der Waals surface area contributed by atoms with Gasteiger partial charge < -0.3 is 10.1 Å². The summed E-state index contributed by atoms with van der Waals surface area (Å²) >= 11 is 0. The average molecular weight is 174 g/mol. The molecule has 0 bridgehead atoms. The van der Waals surface area contributed by atoms with E-state index in [1.165, 1.54) is 0 Å². The molecule has 1 aromatic carbocycles. The van der Waals surface area contributed by atoms with Gasteiger partial charge in [-0.3, -0.25) is 0 Å². The summed E-state index contributed by atoms with van der Waals surface area (Å²) in [6.07, 6.45) is 3.49. The smallest absolute Gasteiger partial charge is 0.137 e. The van der Waals surface area contributed by atoms with Gasteiger partial charge in [0.05, 0.1) is 6.61 Å². The van der Waals surface area contributed by atoms with Crippen LogP contribution >= 0.6 is 0 Å². The molecular weight excluding hydrogens is 164 g/mol. The van der Waals surface area contributed by atoms with Crippen molar-refractivity contribution in [1.29, 1.82) is 0 Å². The summed E-state index contributed by atoms with van der Waals surface area (Å²) < 4.78 is 0. The quantitative estimate of drug-likeness (QED) is 0.726. The normalized spacial score (nSPS) is 10.2. The molecule has 0 spiro atoms. The zero-order chi connectivity index (χ0) is 9.10. The first-order valence-electron chi connectivity index (χ1n) is 4.09. The van der Waals surface area contributed by atoms with Crippen molar-refractivity contribution < 1.29 is 5.11 Å². The number of nitrogens with zero attached hydrogens (tertiary/aromatic N) is 1. The van der Waals surface area contributed by atoms with E-state index in [0.717, 1.165) is 17.0 Å². The number of H-pyrrole nitrogens is 1. The van der Waals surface area contributed by atoms with Gasteiger partial charge in [0.2, 0.25) is 0 Å². The number of aromatic amines is 1. The lowest BCUT2D eigenvalue weighted by Gasteiger charge is -1.99. The fourth-order valence-corrected chi connectivity index (χ4v) is 1.24. The van der Waals surface area contributed by atoms with E-state index in [1.807, 2.05) is 24.3 Å². The molecule has 0 unspecified atom stereocenters. The number of benzene rings is 1. The topological polar surface area (TPSA) is 48.9 Å². The molecule has 1 aromatic heterocycles. The van der Waals surface area contributed by atoms with Crippen molar-refractivity contribution in [2.24, 2.45) is 0 Å². The Labute approximate surface area is 76.1 Å². The maximum atomic E-state index is 8.93. The number of nitrogens with one attached hydrogen (secondary N) is 1. The molecule has 13 heavy (non-hydrogen) atoms. The molecule has 3 nitrogen and oxygen atoms in total. The van der Waals surface area contributed by atoms with Gasteiger partial charge in [0, 0.05) is 18.0 Å². The van der Waals surface area contributed by atoms with Crippen LogP contribution in [0.5, 0.6) is 0 Å². The molecule has 0 saturated heterocycles. The van der Waals surface area contributed by atoms with Gasteiger partial charge in [-0.25, -0.2) is 4.98 Å². The first kappa shape index (κ1) is 8.01. The lowest BCUT2D eigenvalue weighted by molar-refractivity contribution is 0.282. The van der Waals surface area contributed by atoms with Crippen LogP contribution in [0, 0.1) is 0 Å². The highest BCUT2D eigenvalue weighted by molar-refractivity contribution is 5.55. The number of aromatic nitrogens is 2. The van der Waals surface area contributed by atoms with Gasteiger partial charge in [-0.2, -0.15) is 0 Å². The fourth-order valence-electron chi connectivity index (χ4n) is 1.24. The summed E-state index contributed by atoms with van der Waals surface area (Å²) in [6.45, 7) is 0.0640. The van der Waals surface area contributed by atoms with Crippen LogP contribution in [-0.4, -0.2) is 15.1 Å². The Kier molecular flexibility index (Phi) is 2.10. The highest BCUT2D eigenvalue weighted by atomic mass is 16.3. The van der Waals surface area contributed by atoms with Crippen molar-refractivity contribution >= 4 is 0 Å². The SMILES string of the molecule is OCc1cccc(-c2ncc[nH]2)c1. The molecule has 0 aliphatic carbocycles. The van der Waals surface area contributed by atoms with Crippen molar-refractivity contribution in [2.75, 3.05) is 0 Å². The van der Waals surface area contributed by atoms with Crippen molar-refractivity contribution in [3.8, 4) is 11.4 Å². The van der Waals surface area contributed by atoms with Gasteiger partial charge in [-0.15, -0.1) is 0 Å². The minimum absolute atomic E-state index is 0.0640. The van der Waals surface area contributed by atoms with Gasteiger partial charge in [0.1, 0.15) is 5.82 Å². The van der Waals surface area contributed by atoms with Crippen LogP contribution < -0.4 is 0 Å². The van der Waals surface area contributed by atoms with Crippen molar-refractivity contribution in [3.05, 3.63) is 42.2 Å². The Hall–Kier alpha value is -1.61. The molecule has 0 fully saturated rings. The summed E-state index contributed by atoms with van der Waals surface area (Å²) in [5.74, 6) is 0.829. The molecule has 0 aliphatic heterocycles. The summed E-state index contributed by atoms with van der Waals surface area (Å²) in [5.41, 5.74) is 1.89. The lowest BCUT2D eigenvalue weighted by Crippen LogP contribution is -1.85. The minimum Gasteiger partial charge on any atom is -0.392 e. The third-order valence-electron chi connectivity index (χ3n) is 1.88. The maximum Gasteiger partial charge on any atom is 0.137 e. The minimum atomic E-state index is 0.0640. The highest BCUT2D eigenvalue weighted by Gasteiger charge is 1.99. The van der Waals surface area contributed by atoms with E-state index in [9.17, 15) is 0 Å². The Morgan fingerprint density at radius 3 is 3.00 bits per heavy atom. The van der Waals surface area contributed by atoms with Crippen LogP contribution in [-0.2, 0) is 6.61 Å². The summed E-state index contributed by atoms with van der Waals surface area (Å²) in [7, 11) is 0. The van der Waals surface area contributed by atoms with Crippen LogP contribution in [0.15, 0.2) is 36.7 Å². The Morgan fingerprint density at radius 1 is 1.38 bits per heavy atom. The third-order valence-corrected chi connectivity index (χ3v) is 1.88. The number of hydrogen-bond donors (Lipinski definition) is 2. The predicted molar refractivity (Wildman–Crippen MR) is 49.9 cm³/mol. The lowest BCUT2D eigenvalue weighted by atomic mass is 10.1.